The Morgan fingerprint density at radius 1 is 1.19 bits per heavy atom. The summed E-state index contributed by atoms with van der Waals surface area (Å²) in [5, 5.41) is 10.3. The number of halogens is 1. The van der Waals surface area contributed by atoms with Crippen molar-refractivity contribution in [3.8, 4) is 11.5 Å². The number of amides is 1. The summed E-state index contributed by atoms with van der Waals surface area (Å²) >= 11 is 5.91. The number of nitrogens with zero attached hydrogens (tertiary/aromatic N) is 2. The van der Waals surface area contributed by atoms with E-state index in [4.69, 9.17) is 16.0 Å². The van der Waals surface area contributed by atoms with Crippen molar-refractivity contribution in [3.05, 3.63) is 58.9 Å². The second-order valence-electron chi connectivity index (χ2n) is 5.65. The average molecular weight is 392 g/mol. The highest BCUT2D eigenvalue weighted by atomic mass is 35.5. The Morgan fingerprint density at radius 2 is 1.96 bits per heavy atom. The summed E-state index contributed by atoms with van der Waals surface area (Å²) in [6.07, 6.45) is 2.25. The van der Waals surface area contributed by atoms with E-state index in [-0.39, 0.29) is 15.5 Å². The molecule has 1 N–H and O–H groups in total. The smallest absolute Gasteiger partial charge is 0.255 e. The fraction of sp³-hybridized carbons (Fsp3) is 0.118. The van der Waals surface area contributed by atoms with E-state index in [1.165, 1.54) is 24.6 Å². The molecule has 26 heavy (non-hydrogen) atoms. The predicted octanol–water partition coefficient (Wildman–Crippen LogP) is 3.35. The van der Waals surface area contributed by atoms with Crippen molar-refractivity contribution >= 4 is 33.0 Å². The van der Waals surface area contributed by atoms with E-state index in [1.54, 1.807) is 18.2 Å². The topological polar surface area (TPSA) is 102 Å². The maximum Gasteiger partial charge on any atom is 0.255 e. The monoisotopic (exact) mass is 391 g/mol. The molecular weight excluding hydrogens is 378 g/mol. The van der Waals surface area contributed by atoms with Gasteiger partial charge >= 0.3 is 0 Å². The van der Waals surface area contributed by atoms with Gasteiger partial charge in [-0.15, -0.1) is 10.2 Å². The van der Waals surface area contributed by atoms with E-state index >= 15 is 0 Å². The van der Waals surface area contributed by atoms with E-state index < -0.39 is 15.7 Å². The van der Waals surface area contributed by atoms with Crippen LogP contribution in [0, 0.1) is 6.92 Å². The molecule has 0 saturated carbocycles. The van der Waals surface area contributed by atoms with Crippen molar-refractivity contribution in [1.82, 2.24) is 10.2 Å². The van der Waals surface area contributed by atoms with E-state index in [0.29, 0.717) is 17.1 Å². The molecule has 0 aliphatic carbocycles. The molecule has 1 amide bonds. The Balaban J connectivity index is 1.93. The quantitative estimate of drug-likeness (QED) is 0.731. The number of sulfone groups is 1. The van der Waals surface area contributed by atoms with Crippen LogP contribution in [0.3, 0.4) is 0 Å². The summed E-state index contributed by atoms with van der Waals surface area (Å²) in [5.41, 5.74) is 2.19. The molecule has 0 aliphatic rings. The second kappa shape index (κ2) is 6.89. The van der Waals surface area contributed by atoms with Crippen LogP contribution in [0.25, 0.3) is 11.5 Å². The van der Waals surface area contributed by atoms with Crippen LogP contribution < -0.4 is 5.32 Å². The lowest BCUT2D eigenvalue weighted by molar-refractivity contribution is 0.102. The molecule has 2 aromatic carbocycles. The molecule has 0 bridgehead atoms. The molecule has 0 aliphatic heterocycles. The SMILES string of the molecule is Cc1ccc(-c2nnco2)cc1NC(=O)c1ccc(Cl)c(S(C)(=O)=O)c1. The lowest BCUT2D eigenvalue weighted by Crippen LogP contribution is -2.14. The van der Waals surface area contributed by atoms with Gasteiger partial charge < -0.3 is 9.73 Å². The normalized spacial score (nSPS) is 11.3. The number of rotatable bonds is 4. The van der Waals surface area contributed by atoms with E-state index in [1.807, 2.05) is 6.92 Å². The number of carbonyl (C=O) groups is 1. The van der Waals surface area contributed by atoms with Crippen LogP contribution in [0.5, 0.6) is 0 Å². The van der Waals surface area contributed by atoms with E-state index in [2.05, 4.69) is 15.5 Å². The largest absolute Gasteiger partial charge is 0.423 e. The van der Waals surface area contributed by atoms with E-state index in [9.17, 15) is 13.2 Å². The Kier molecular flexibility index (Phi) is 4.80. The first-order chi connectivity index (χ1) is 12.3. The number of carbonyl (C=O) groups excluding carboxylic acids is 1. The van der Waals surface area contributed by atoms with Gasteiger partial charge in [-0.05, 0) is 42.8 Å². The Hall–Kier alpha value is -2.71. The highest BCUT2D eigenvalue weighted by Crippen LogP contribution is 2.26. The fourth-order valence-electron chi connectivity index (χ4n) is 2.31. The number of anilines is 1. The van der Waals surface area contributed by atoms with Gasteiger partial charge in [-0.1, -0.05) is 17.7 Å². The molecule has 0 spiro atoms. The zero-order chi connectivity index (χ0) is 18.9. The lowest BCUT2D eigenvalue weighted by Gasteiger charge is -2.11. The summed E-state index contributed by atoms with van der Waals surface area (Å²) in [5.74, 6) is -0.135. The summed E-state index contributed by atoms with van der Waals surface area (Å²) in [4.78, 5) is 12.5. The van der Waals surface area contributed by atoms with Crippen molar-refractivity contribution in [2.75, 3.05) is 11.6 Å². The number of benzene rings is 2. The molecule has 7 nitrogen and oxygen atoms in total. The summed E-state index contributed by atoms with van der Waals surface area (Å²) in [6, 6.07) is 9.40. The number of nitrogens with one attached hydrogen (secondary N) is 1. The van der Waals surface area contributed by atoms with Crippen LogP contribution in [-0.2, 0) is 9.84 Å². The van der Waals surface area contributed by atoms with Crippen molar-refractivity contribution in [3.63, 3.8) is 0 Å². The predicted molar refractivity (Wildman–Crippen MR) is 97.0 cm³/mol. The molecule has 1 aromatic heterocycles. The molecule has 134 valence electrons. The van der Waals surface area contributed by atoms with Crippen LogP contribution in [0.15, 0.2) is 52.1 Å². The minimum absolute atomic E-state index is 0.0682. The highest BCUT2D eigenvalue weighted by Gasteiger charge is 2.17. The lowest BCUT2D eigenvalue weighted by atomic mass is 10.1. The van der Waals surface area contributed by atoms with Gasteiger partial charge in [0.15, 0.2) is 9.84 Å². The standard InChI is InChI=1S/C17H14ClN3O4S/c1-10-3-4-12(17-21-19-9-25-17)7-14(10)20-16(22)11-5-6-13(18)15(8-11)26(2,23)24/h3-9H,1-2H3,(H,20,22). The van der Waals surface area contributed by atoms with Crippen LogP contribution in [-0.4, -0.2) is 30.8 Å². The van der Waals surface area contributed by atoms with Gasteiger partial charge in [0.25, 0.3) is 5.91 Å². The summed E-state index contributed by atoms with van der Waals surface area (Å²) < 4.78 is 28.7. The third-order valence-corrected chi connectivity index (χ3v) is 5.26. The van der Waals surface area contributed by atoms with Crippen LogP contribution in [0.2, 0.25) is 5.02 Å². The Bertz CT molecular complexity index is 1080. The zero-order valence-corrected chi connectivity index (χ0v) is 15.4. The first kappa shape index (κ1) is 18.1. The maximum absolute atomic E-state index is 12.6. The second-order valence-corrected chi connectivity index (χ2v) is 8.04. The Morgan fingerprint density at radius 3 is 2.62 bits per heavy atom. The molecule has 0 atom stereocenters. The Labute approximate surface area is 154 Å². The number of hydrogen-bond acceptors (Lipinski definition) is 6. The zero-order valence-electron chi connectivity index (χ0n) is 13.9. The first-order valence-electron chi connectivity index (χ1n) is 7.44. The average Bonchev–Trinajstić information content (AvgIpc) is 3.10. The third-order valence-electron chi connectivity index (χ3n) is 3.69. The van der Waals surface area contributed by atoms with Crippen LogP contribution in [0.4, 0.5) is 5.69 Å². The molecule has 0 saturated heterocycles. The van der Waals surface area contributed by atoms with Gasteiger partial charge in [0.2, 0.25) is 12.3 Å². The van der Waals surface area contributed by atoms with Crippen molar-refractivity contribution in [2.45, 2.75) is 11.8 Å². The van der Waals surface area contributed by atoms with Crippen molar-refractivity contribution in [2.24, 2.45) is 0 Å². The molecule has 0 unspecified atom stereocenters. The fourth-order valence-corrected chi connectivity index (χ4v) is 3.61. The molecule has 1 heterocycles. The highest BCUT2D eigenvalue weighted by molar-refractivity contribution is 7.90. The molecular formula is C17H14ClN3O4S. The van der Waals surface area contributed by atoms with Crippen molar-refractivity contribution in [1.29, 1.82) is 0 Å². The molecule has 0 fully saturated rings. The van der Waals surface area contributed by atoms with Gasteiger partial charge in [-0.25, -0.2) is 8.42 Å². The van der Waals surface area contributed by atoms with Gasteiger partial charge in [0.1, 0.15) is 0 Å². The first-order valence-corrected chi connectivity index (χ1v) is 9.71. The minimum Gasteiger partial charge on any atom is -0.423 e. The molecule has 0 radical (unpaired) electrons. The molecule has 3 aromatic rings. The van der Waals surface area contributed by atoms with Crippen LogP contribution >= 0.6 is 11.6 Å². The molecule has 3 rings (SSSR count). The summed E-state index contributed by atoms with van der Waals surface area (Å²) in [6.45, 7) is 1.83. The number of aryl methyl sites for hydroxylation is 1. The van der Waals surface area contributed by atoms with E-state index in [0.717, 1.165) is 11.8 Å². The maximum atomic E-state index is 12.6. The number of aromatic nitrogens is 2. The minimum atomic E-state index is -3.55. The van der Waals surface area contributed by atoms with Gasteiger partial charge in [-0.2, -0.15) is 0 Å². The third kappa shape index (κ3) is 3.76. The van der Waals surface area contributed by atoms with Gasteiger partial charge in [0, 0.05) is 23.1 Å². The van der Waals surface area contributed by atoms with Gasteiger partial charge in [-0.3, -0.25) is 4.79 Å². The summed E-state index contributed by atoms with van der Waals surface area (Å²) in [7, 11) is -3.55. The number of hydrogen-bond donors (Lipinski definition) is 1. The molecule has 9 heteroatoms. The van der Waals surface area contributed by atoms with Gasteiger partial charge in [0.05, 0.1) is 9.92 Å². The van der Waals surface area contributed by atoms with Crippen LogP contribution in [0.1, 0.15) is 15.9 Å². The van der Waals surface area contributed by atoms with Crippen molar-refractivity contribution < 1.29 is 17.6 Å².